The second-order valence-electron chi connectivity index (χ2n) is 6.65. The second kappa shape index (κ2) is 7.63. The summed E-state index contributed by atoms with van der Waals surface area (Å²) >= 11 is 5.82. The summed E-state index contributed by atoms with van der Waals surface area (Å²) in [5.74, 6) is 0.578. The Morgan fingerprint density at radius 3 is 2.79 bits per heavy atom. The number of hydrogen-bond donors (Lipinski definition) is 0. The van der Waals surface area contributed by atoms with E-state index in [2.05, 4.69) is 25.5 Å². The third kappa shape index (κ3) is 3.72. The van der Waals surface area contributed by atoms with Crippen LogP contribution in [0.1, 0.15) is 24.7 Å². The largest absolute Gasteiger partial charge is 0.342 e. The van der Waals surface area contributed by atoms with Crippen molar-refractivity contribution in [3.05, 3.63) is 41.2 Å². The van der Waals surface area contributed by atoms with Crippen molar-refractivity contribution in [1.82, 2.24) is 39.9 Å². The Morgan fingerprint density at radius 1 is 1.32 bits per heavy atom. The number of benzene rings is 1. The zero-order valence-corrected chi connectivity index (χ0v) is 15.9. The molecule has 9 nitrogen and oxygen atoms in total. The molecule has 0 unspecified atom stereocenters. The van der Waals surface area contributed by atoms with Crippen LogP contribution in [0.15, 0.2) is 24.5 Å². The molecular weight excluding hydrogens is 387 g/mol. The molecule has 1 amide bonds. The van der Waals surface area contributed by atoms with E-state index in [1.54, 1.807) is 22.6 Å². The van der Waals surface area contributed by atoms with E-state index in [0.717, 1.165) is 12.8 Å². The maximum atomic E-state index is 13.3. The first-order chi connectivity index (χ1) is 13.5. The minimum absolute atomic E-state index is 0.0172. The molecule has 0 spiro atoms. The highest BCUT2D eigenvalue weighted by atomic mass is 35.5. The van der Waals surface area contributed by atoms with E-state index in [-0.39, 0.29) is 23.4 Å². The van der Waals surface area contributed by atoms with Gasteiger partial charge in [0, 0.05) is 25.7 Å². The van der Waals surface area contributed by atoms with E-state index in [0.29, 0.717) is 30.3 Å². The number of carbonyl (C=O) groups excluding carboxylic acids is 1. The van der Waals surface area contributed by atoms with Gasteiger partial charge in [-0.1, -0.05) is 11.6 Å². The molecule has 1 aromatic carbocycles. The lowest BCUT2D eigenvalue weighted by Gasteiger charge is -2.31. The molecule has 1 aliphatic heterocycles. The number of rotatable bonds is 4. The van der Waals surface area contributed by atoms with Crippen LogP contribution in [0, 0.1) is 5.82 Å². The smallest absolute Gasteiger partial charge is 0.230 e. The third-order valence-corrected chi connectivity index (χ3v) is 5.15. The van der Waals surface area contributed by atoms with Crippen LogP contribution in [0.4, 0.5) is 4.39 Å². The SMILES string of the molecule is Cn1ncnc1CC(=O)N1CCC(n2nnc(-c3ccc(F)c(Cl)c3)n2)CC1. The Morgan fingerprint density at radius 2 is 2.11 bits per heavy atom. The van der Waals surface area contributed by atoms with Gasteiger partial charge in [0.1, 0.15) is 18.0 Å². The van der Waals surface area contributed by atoms with Crippen LogP contribution in [-0.4, -0.2) is 58.9 Å². The van der Waals surface area contributed by atoms with Crippen molar-refractivity contribution < 1.29 is 9.18 Å². The van der Waals surface area contributed by atoms with Gasteiger partial charge in [0.2, 0.25) is 11.7 Å². The average molecular weight is 405 g/mol. The second-order valence-corrected chi connectivity index (χ2v) is 7.06. The van der Waals surface area contributed by atoms with E-state index in [1.165, 1.54) is 18.5 Å². The summed E-state index contributed by atoms with van der Waals surface area (Å²) in [5.41, 5.74) is 0.606. The Bertz CT molecular complexity index is 995. The van der Waals surface area contributed by atoms with Crippen molar-refractivity contribution in [2.75, 3.05) is 13.1 Å². The highest BCUT2D eigenvalue weighted by molar-refractivity contribution is 6.31. The van der Waals surface area contributed by atoms with Crippen LogP contribution < -0.4 is 0 Å². The number of aromatic nitrogens is 7. The summed E-state index contributed by atoms with van der Waals surface area (Å²) < 4.78 is 14.9. The molecule has 11 heteroatoms. The van der Waals surface area contributed by atoms with Crippen LogP contribution in [0.3, 0.4) is 0 Å². The van der Waals surface area contributed by atoms with E-state index in [4.69, 9.17) is 11.6 Å². The number of carbonyl (C=O) groups is 1. The molecule has 1 fully saturated rings. The van der Waals surface area contributed by atoms with Gasteiger partial charge in [0.15, 0.2) is 0 Å². The van der Waals surface area contributed by atoms with Crippen LogP contribution >= 0.6 is 11.6 Å². The Labute approximate surface area is 165 Å². The first-order valence-electron chi connectivity index (χ1n) is 8.87. The molecule has 1 aliphatic rings. The number of nitrogens with zero attached hydrogens (tertiary/aromatic N) is 8. The predicted molar refractivity (Wildman–Crippen MR) is 97.8 cm³/mol. The number of likely N-dealkylation sites (tertiary alicyclic amines) is 1. The summed E-state index contributed by atoms with van der Waals surface area (Å²) in [6.07, 6.45) is 3.13. The quantitative estimate of drug-likeness (QED) is 0.656. The van der Waals surface area contributed by atoms with E-state index < -0.39 is 5.82 Å². The molecule has 4 rings (SSSR count). The monoisotopic (exact) mass is 404 g/mol. The number of amides is 1. The highest BCUT2D eigenvalue weighted by Crippen LogP contribution is 2.24. The zero-order valence-electron chi connectivity index (χ0n) is 15.2. The molecule has 0 atom stereocenters. The maximum Gasteiger partial charge on any atom is 0.230 e. The molecule has 1 saturated heterocycles. The Hall–Kier alpha value is -2.88. The van der Waals surface area contributed by atoms with Crippen molar-refractivity contribution in [3.8, 4) is 11.4 Å². The molecule has 28 heavy (non-hydrogen) atoms. The lowest BCUT2D eigenvalue weighted by atomic mass is 10.1. The first kappa shape index (κ1) is 18.5. The lowest BCUT2D eigenvalue weighted by Crippen LogP contribution is -2.40. The van der Waals surface area contributed by atoms with Crippen molar-refractivity contribution in [1.29, 1.82) is 0 Å². The topological polar surface area (TPSA) is 94.6 Å². The third-order valence-electron chi connectivity index (χ3n) is 4.86. The number of hydrogen-bond acceptors (Lipinski definition) is 6. The van der Waals surface area contributed by atoms with Gasteiger partial charge in [-0.25, -0.2) is 9.37 Å². The lowest BCUT2D eigenvalue weighted by molar-refractivity contribution is -0.132. The van der Waals surface area contributed by atoms with Gasteiger partial charge in [-0.2, -0.15) is 9.90 Å². The van der Waals surface area contributed by atoms with E-state index in [9.17, 15) is 9.18 Å². The van der Waals surface area contributed by atoms with Gasteiger partial charge in [0.05, 0.1) is 17.5 Å². The molecule has 3 aromatic rings. The standard InChI is InChI=1S/C17H18ClFN8O/c1-25-15(20-10-21-25)9-16(28)26-6-4-12(5-7-26)27-23-17(22-24-27)11-2-3-14(19)13(18)8-11/h2-3,8,10,12H,4-7,9H2,1H3. The van der Waals surface area contributed by atoms with Crippen molar-refractivity contribution in [2.45, 2.75) is 25.3 Å². The number of halogens is 2. The molecule has 0 radical (unpaired) electrons. The number of piperidine rings is 1. The normalized spacial score (nSPS) is 15.2. The molecule has 0 bridgehead atoms. The number of tetrazole rings is 1. The Kier molecular flexibility index (Phi) is 5.03. The van der Waals surface area contributed by atoms with Crippen LogP contribution in [-0.2, 0) is 18.3 Å². The van der Waals surface area contributed by atoms with Gasteiger partial charge in [-0.3, -0.25) is 9.48 Å². The van der Waals surface area contributed by atoms with Crippen LogP contribution in [0.2, 0.25) is 5.02 Å². The van der Waals surface area contributed by atoms with Crippen molar-refractivity contribution in [2.24, 2.45) is 7.05 Å². The predicted octanol–water partition coefficient (Wildman–Crippen LogP) is 1.67. The fourth-order valence-electron chi connectivity index (χ4n) is 3.20. The summed E-state index contributed by atoms with van der Waals surface area (Å²) in [5, 5.41) is 16.6. The van der Waals surface area contributed by atoms with Gasteiger partial charge < -0.3 is 4.90 Å². The average Bonchev–Trinajstić information content (AvgIpc) is 3.34. The molecule has 146 valence electrons. The number of aryl methyl sites for hydroxylation is 1. The van der Waals surface area contributed by atoms with Crippen molar-refractivity contribution >= 4 is 17.5 Å². The zero-order chi connectivity index (χ0) is 19.7. The summed E-state index contributed by atoms with van der Waals surface area (Å²) in [7, 11) is 1.77. The summed E-state index contributed by atoms with van der Waals surface area (Å²) in [6.45, 7) is 1.22. The Balaban J connectivity index is 1.37. The van der Waals surface area contributed by atoms with Crippen LogP contribution in [0.25, 0.3) is 11.4 Å². The van der Waals surface area contributed by atoms with Crippen LogP contribution in [0.5, 0.6) is 0 Å². The van der Waals surface area contributed by atoms with Gasteiger partial charge in [-0.05, 0) is 36.3 Å². The van der Waals surface area contributed by atoms with E-state index >= 15 is 0 Å². The summed E-state index contributed by atoms with van der Waals surface area (Å²) in [6, 6.07) is 4.37. The highest BCUT2D eigenvalue weighted by Gasteiger charge is 2.26. The molecular formula is C17H18ClFN8O. The molecule has 0 aliphatic carbocycles. The minimum atomic E-state index is -0.490. The van der Waals surface area contributed by atoms with E-state index in [1.807, 2.05) is 4.90 Å². The minimum Gasteiger partial charge on any atom is -0.342 e. The summed E-state index contributed by atoms with van der Waals surface area (Å²) in [4.78, 5) is 19.9. The first-order valence-corrected chi connectivity index (χ1v) is 9.24. The van der Waals surface area contributed by atoms with Gasteiger partial charge >= 0.3 is 0 Å². The van der Waals surface area contributed by atoms with Gasteiger partial charge in [0.25, 0.3) is 0 Å². The maximum absolute atomic E-state index is 13.3. The van der Waals surface area contributed by atoms with Gasteiger partial charge in [-0.15, -0.1) is 10.2 Å². The molecule has 0 N–H and O–H groups in total. The fraction of sp³-hybridized carbons (Fsp3) is 0.412. The molecule has 0 saturated carbocycles. The fourth-order valence-corrected chi connectivity index (χ4v) is 3.38. The molecule has 2 aromatic heterocycles. The molecule has 3 heterocycles. The van der Waals surface area contributed by atoms with Crippen molar-refractivity contribution in [3.63, 3.8) is 0 Å².